The fourth-order valence-electron chi connectivity index (χ4n) is 2.85. The third-order valence-electron chi connectivity index (χ3n) is 4.33. The van der Waals surface area contributed by atoms with Gasteiger partial charge in [0.15, 0.2) is 6.73 Å². The van der Waals surface area contributed by atoms with Gasteiger partial charge in [-0.2, -0.15) is 0 Å². The first-order chi connectivity index (χ1) is 11.2. The van der Waals surface area contributed by atoms with Gasteiger partial charge < -0.3 is 4.74 Å². The zero-order valence-corrected chi connectivity index (χ0v) is 14.9. The lowest BCUT2D eigenvalue weighted by atomic mass is 10.0. The van der Waals surface area contributed by atoms with E-state index >= 15 is 0 Å². The Balaban J connectivity index is 1.78. The second-order valence-corrected chi connectivity index (χ2v) is 6.51. The molecule has 1 aromatic carbocycles. The maximum Gasteiger partial charge on any atom is 0.245 e. The minimum atomic E-state index is 0.642. The lowest BCUT2D eigenvalue weighted by molar-refractivity contribution is -0.688. The van der Waals surface area contributed by atoms with Gasteiger partial charge in [-0.05, 0) is 24.8 Å². The summed E-state index contributed by atoms with van der Waals surface area (Å²) in [7, 11) is 0. The quantitative estimate of drug-likeness (QED) is 0.597. The maximum absolute atomic E-state index is 5.90. The van der Waals surface area contributed by atoms with Gasteiger partial charge >= 0.3 is 0 Å². The van der Waals surface area contributed by atoms with Crippen LogP contribution in [0, 0.1) is 12.8 Å². The Morgan fingerprint density at radius 2 is 2.13 bits per heavy atom. The minimum Gasteiger partial charge on any atom is -0.341 e. The number of ether oxygens (including phenoxy) is 1. The van der Waals surface area contributed by atoms with Crippen LogP contribution in [0.1, 0.15) is 50.7 Å². The van der Waals surface area contributed by atoms with Crippen LogP contribution in [-0.2, 0) is 18.0 Å². The molecule has 1 atom stereocenters. The molecule has 0 amide bonds. The molecule has 0 spiro atoms. The summed E-state index contributed by atoms with van der Waals surface area (Å²) in [6.45, 7) is 9.06. The number of hydrogen-bond acceptors (Lipinski definition) is 1. The molecule has 2 aromatic rings. The predicted molar refractivity (Wildman–Crippen MR) is 94.2 cm³/mol. The van der Waals surface area contributed by atoms with Crippen molar-refractivity contribution in [2.45, 2.75) is 59.7 Å². The molecule has 0 bridgehead atoms. The van der Waals surface area contributed by atoms with Gasteiger partial charge in [0.1, 0.15) is 18.9 Å². The van der Waals surface area contributed by atoms with Crippen molar-refractivity contribution in [3.8, 4) is 0 Å². The van der Waals surface area contributed by atoms with Crippen molar-refractivity contribution in [2.24, 2.45) is 5.92 Å². The third kappa shape index (κ3) is 6.19. The first-order valence-electron chi connectivity index (χ1n) is 8.89. The Labute approximate surface area is 140 Å². The highest BCUT2D eigenvalue weighted by atomic mass is 16.5. The summed E-state index contributed by atoms with van der Waals surface area (Å²) < 4.78 is 10.2. The standard InChI is InChI=1S/C20H31N2O/c1-4-6-9-19(5-2)15-23-17-22-12-11-21(16-22)14-20-10-7-8-18(3)13-20/h7-8,10-13,16,19H,4-6,9,14-15,17H2,1-3H3/q+1/t19-/m1/s1. The van der Waals surface area contributed by atoms with Crippen LogP contribution in [0.3, 0.4) is 0 Å². The SMILES string of the molecule is CCCC[C@@H](CC)COCn1cc[n+](Cc2cccc(C)c2)c1. The Bertz CT molecular complexity index is 577. The van der Waals surface area contributed by atoms with Crippen LogP contribution in [0.4, 0.5) is 0 Å². The number of rotatable bonds is 10. The Morgan fingerprint density at radius 1 is 1.26 bits per heavy atom. The van der Waals surface area contributed by atoms with E-state index in [-0.39, 0.29) is 0 Å². The smallest absolute Gasteiger partial charge is 0.245 e. The molecule has 0 radical (unpaired) electrons. The number of aromatic nitrogens is 2. The zero-order chi connectivity index (χ0) is 16.5. The van der Waals surface area contributed by atoms with Crippen LogP contribution < -0.4 is 4.57 Å². The van der Waals surface area contributed by atoms with Gasteiger partial charge in [-0.1, -0.05) is 62.9 Å². The van der Waals surface area contributed by atoms with Gasteiger partial charge in [0, 0.05) is 0 Å². The number of aryl methyl sites for hydroxylation is 1. The summed E-state index contributed by atoms with van der Waals surface area (Å²) in [4.78, 5) is 0. The lowest BCUT2D eigenvalue weighted by Gasteiger charge is -2.13. The number of nitrogens with zero attached hydrogens (tertiary/aromatic N) is 2. The lowest BCUT2D eigenvalue weighted by Crippen LogP contribution is -2.31. The molecule has 1 aromatic heterocycles. The van der Waals surface area contributed by atoms with Crippen molar-refractivity contribution in [3.05, 3.63) is 54.1 Å². The van der Waals surface area contributed by atoms with Crippen LogP contribution >= 0.6 is 0 Å². The van der Waals surface area contributed by atoms with Crippen LogP contribution in [0.2, 0.25) is 0 Å². The van der Waals surface area contributed by atoms with Gasteiger partial charge in [0.25, 0.3) is 0 Å². The number of benzene rings is 1. The second-order valence-electron chi connectivity index (χ2n) is 6.51. The van der Waals surface area contributed by atoms with Gasteiger partial charge in [0.2, 0.25) is 6.33 Å². The average Bonchev–Trinajstić information content (AvgIpc) is 2.98. The van der Waals surface area contributed by atoms with E-state index in [1.807, 2.05) is 0 Å². The number of hydrogen-bond donors (Lipinski definition) is 0. The molecule has 0 aliphatic carbocycles. The fourth-order valence-corrected chi connectivity index (χ4v) is 2.85. The summed E-state index contributed by atoms with van der Waals surface area (Å²) in [5.41, 5.74) is 2.64. The third-order valence-corrected chi connectivity index (χ3v) is 4.33. The topological polar surface area (TPSA) is 18.0 Å². The average molecular weight is 315 g/mol. The van der Waals surface area contributed by atoms with Crippen molar-refractivity contribution >= 4 is 0 Å². The largest absolute Gasteiger partial charge is 0.341 e. The summed E-state index contributed by atoms with van der Waals surface area (Å²) >= 11 is 0. The summed E-state index contributed by atoms with van der Waals surface area (Å²) in [6.07, 6.45) is 11.4. The van der Waals surface area contributed by atoms with E-state index in [0.717, 1.165) is 13.2 Å². The second kappa shape index (κ2) is 9.51. The first-order valence-corrected chi connectivity index (χ1v) is 8.89. The van der Waals surface area contributed by atoms with Crippen LogP contribution in [0.15, 0.2) is 43.0 Å². The summed E-state index contributed by atoms with van der Waals surface area (Å²) in [5, 5.41) is 0. The molecule has 0 N–H and O–H groups in total. The normalized spacial score (nSPS) is 12.5. The molecule has 23 heavy (non-hydrogen) atoms. The van der Waals surface area contributed by atoms with E-state index in [2.05, 4.69) is 72.9 Å². The molecular weight excluding hydrogens is 284 g/mol. The molecule has 126 valence electrons. The van der Waals surface area contributed by atoms with Crippen molar-refractivity contribution in [1.82, 2.24) is 4.57 Å². The van der Waals surface area contributed by atoms with E-state index in [1.54, 1.807) is 0 Å². The van der Waals surface area contributed by atoms with Gasteiger partial charge in [-0.3, -0.25) is 0 Å². The molecule has 0 saturated carbocycles. The van der Waals surface area contributed by atoms with Crippen molar-refractivity contribution in [1.29, 1.82) is 0 Å². The fraction of sp³-hybridized carbons (Fsp3) is 0.550. The van der Waals surface area contributed by atoms with Crippen LogP contribution in [0.25, 0.3) is 0 Å². The zero-order valence-electron chi connectivity index (χ0n) is 14.9. The van der Waals surface area contributed by atoms with Crippen LogP contribution in [0.5, 0.6) is 0 Å². The van der Waals surface area contributed by atoms with Gasteiger partial charge in [-0.25, -0.2) is 9.13 Å². The molecule has 0 saturated heterocycles. The molecule has 0 aliphatic heterocycles. The number of imidazole rings is 1. The van der Waals surface area contributed by atoms with E-state index in [1.165, 1.54) is 36.8 Å². The summed E-state index contributed by atoms with van der Waals surface area (Å²) in [6, 6.07) is 8.66. The summed E-state index contributed by atoms with van der Waals surface area (Å²) in [5.74, 6) is 0.699. The highest BCUT2D eigenvalue weighted by Crippen LogP contribution is 2.13. The van der Waals surface area contributed by atoms with E-state index in [9.17, 15) is 0 Å². The monoisotopic (exact) mass is 315 g/mol. The van der Waals surface area contributed by atoms with E-state index in [0.29, 0.717) is 12.6 Å². The predicted octanol–water partition coefficient (Wildman–Crippen LogP) is 4.32. The molecule has 3 heteroatoms. The minimum absolute atomic E-state index is 0.642. The molecule has 0 unspecified atom stereocenters. The highest BCUT2D eigenvalue weighted by Gasteiger charge is 2.08. The molecule has 0 fully saturated rings. The van der Waals surface area contributed by atoms with Gasteiger partial charge in [0.05, 0.1) is 6.61 Å². The Hall–Kier alpha value is -1.61. The molecule has 2 rings (SSSR count). The van der Waals surface area contributed by atoms with Crippen LogP contribution in [-0.4, -0.2) is 11.2 Å². The maximum atomic E-state index is 5.90. The Morgan fingerprint density at radius 3 is 2.87 bits per heavy atom. The Kier molecular flexibility index (Phi) is 7.34. The first kappa shape index (κ1) is 17.7. The van der Waals surface area contributed by atoms with Crippen molar-refractivity contribution in [3.63, 3.8) is 0 Å². The van der Waals surface area contributed by atoms with E-state index < -0.39 is 0 Å². The van der Waals surface area contributed by atoms with Crippen molar-refractivity contribution in [2.75, 3.05) is 6.61 Å². The molecular formula is C20H31N2O+. The highest BCUT2D eigenvalue weighted by molar-refractivity contribution is 5.21. The molecule has 1 heterocycles. The van der Waals surface area contributed by atoms with Crippen molar-refractivity contribution < 1.29 is 9.30 Å². The number of unbranched alkanes of at least 4 members (excludes halogenated alkanes) is 1. The molecule has 3 nitrogen and oxygen atoms in total. The molecule has 0 aliphatic rings. The van der Waals surface area contributed by atoms with Gasteiger partial charge in [-0.15, -0.1) is 0 Å². The van der Waals surface area contributed by atoms with E-state index in [4.69, 9.17) is 4.74 Å².